The summed E-state index contributed by atoms with van der Waals surface area (Å²) in [6, 6.07) is 14.1. The lowest BCUT2D eigenvalue weighted by atomic mass is 10.0. The smallest absolute Gasteiger partial charge is 0.257 e. The Hall–Kier alpha value is -3.02. The van der Waals surface area contributed by atoms with Crippen molar-refractivity contribution in [3.05, 3.63) is 71.5 Å². The summed E-state index contributed by atoms with van der Waals surface area (Å²) in [4.78, 5) is 28.2. The number of benzene rings is 2. The molecular formula is C17H14FN3O2. The van der Waals surface area contributed by atoms with Crippen molar-refractivity contribution in [1.29, 1.82) is 0 Å². The molecule has 23 heavy (non-hydrogen) atoms. The maximum absolute atomic E-state index is 13.9. The number of amides is 2. The van der Waals surface area contributed by atoms with E-state index in [2.05, 4.69) is 15.6 Å². The molecule has 0 spiro atoms. The third-order valence-corrected chi connectivity index (χ3v) is 3.45. The van der Waals surface area contributed by atoms with Crippen LogP contribution < -0.4 is 10.6 Å². The predicted octanol–water partition coefficient (Wildman–Crippen LogP) is 2.17. The van der Waals surface area contributed by atoms with E-state index in [0.29, 0.717) is 11.1 Å². The first-order chi connectivity index (χ1) is 11.1. The molecule has 0 aromatic heterocycles. The zero-order valence-corrected chi connectivity index (χ0v) is 12.1. The second-order valence-corrected chi connectivity index (χ2v) is 5.09. The number of hydrogen-bond donors (Lipinski definition) is 2. The van der Waals surface area contributed by atoms with Crippen LogP contribution in [-0.4, -0.2) is 17.8 Å². The number of halogens is 1. The van der Waals surface area contributed by atoms with E-state index >= 15 is 0 Å². The van der Waals surface area contributed by atoms with E-state index in [1.165, 1.54) is 6.07 Å². The highest BCUT2D eigenvalue weighted by atomic mass is 19.1. The van der Waals surface area contributed by atoms with E-state index in [1.807, 2.05) is 0 Å². The minimum atomic E-state index is -0.656. The van der Waals surface area contributed by atoms with Crippen molar-refractivity contribution in [2.24, 2.45) is 4.99 Å². The highest BCUT2D eigenvalue weighted by molar-refractivity contribution is 6.10. The van der Waals surface area contributed by atoms with Gasteiger partial charge in [-0.15, -0.1) is 0 Å². The monoisotopic (exact) mass is 311 g/mol. The van der Waals surface area contributed by atoms with Crippen LogP contribution in [0.2, 0.25) is 0 Å². The average Bonchev–Trinajstić information content (AvgIpc) is 2.55. The summed E-state index contributed by atoms with van der Waals surface area (Å²) in [7, 11) is 0. The van der Waals surface area contributed by atoms with Crippen LogP contribution in [0.5, 0.6) is 0 Å². The summed E-state index contributed by atoms with van der Waals surface area (Å²) in [5.74, 6) is -1.11. The van der Waals surface area contributed by atoms with Gasteiger partial charge in [0.15, 0.2) is 0 Å². The minimum Gasteiger partial charge on any atom is -0.296 e. The van der Waals surface area contributed by atoms with Gasteiger partial charge in [-0.1, -0.05) is 36.4 Å². The van der Waals surface area contributed by atoms with E-state index in [9.17, 15) is 14.0 Å². The second-order valence-electron chi connectivity index (χ2n) is 5.09. The Labute approximate surface area is 132 Å². The summed E-state index contributed by atoms with van der Waals surface area (Å²) in [6.45, 7) is 0. The molecule has 0 saturated carbocycles. The molecule has 2 aromatic rings. The number of rotatable bonds is 2. The molecule has 2 N–H and O–H groups in total. The van der Waals surface area contributed by atoms with Gasteiger partial charge >= 0.3 is 0 Å². The van der Waals surface area contributed by atoms with Gasteiger partial charge in [0.25, 0.3) is 5.91 Å². The average molecular weight is 311 g/mol. The molecule has 5 nitrogen and oxygen atoms in total. The van der Waals surface area contributed by atoms with Crippen LogP contribution in [0.15, 0.2) is 59.6 Å². The van der Waals surface area contributed by atoms with Crippen molar-refractivity contribution >= 4 is 17.8 Å². The van der Waals surface area contributed by atoms with Crippen molar-refractivity contribution in [3.63, 3.8) is 0 Å². The number of nitrogens with one attached hydrogen (secondary N) is 2. The number of carbonyl (C=O) groups excluding carboxylic acids is 2. The summed E-state index contributed by atoms with van der Waals surface area (Å²) in [5.41, 5.74) is 0.770. The van der Waals surface area contributed by atoms with E-state index in [4.69, 9.17) is 0 Å². The Morgan fingerprint density at radius 3 is 2.57 bits per heavy atom. The van der Waals surface area contributed by atoms with E-state index < -0.39 is 11.9 Å². The SMILES string of the molecule is O=C1CC(c2ccccc2F)N=C(NC(=O)c2ccccc2)N1. The zero-order chi connectivity index (χ0) is 16.2. The molecule has 0 saturated heterocycles. The fourth-order valence-electron chi connectivity index (χ4n) is 2.35. The Morgan fingerprint density at radius 1 is 1.13 bits per heavy atom. The minimum absolute atomic E-state index is 0.0309. The Kier molecular flexibility index (Phi) is 4.14. The van der Waals surface area contributed by atoms with Gasteiger partial charge in [0, 0.05) is 11.1 Å². The lowest BCUT2D eigenvalue weighted by Crippen LogP contribution is -2.47. The first-order valence-corrected chi connectivity index (χ1v) is 7.12. The molecule has 1 unspecified atom stereocenters. The van der Waals surface area contributed by atoms with Crippen molar-refractivity contribution in [2.75, 3.05) is 0 Å². The molecule has 2 aromatic carbocycles. The Balaban J connectivity index is 1.83. The maximum Gasteiger partial charge on any atom is 0.257 e. The number of hydrogen-bond acceptors (Lipinski definition) is 3. The fraction of sp³-hybridized carbons (Fsp3) is 0.118. The molecule has 2 amide bonds. The van der Waals surface area contributed by atoms with Crippen LogP contribution in [0.1, 0.15) is 28.4 Å². The number of nitrogens with zero attached hydrogens (tertiary/aromatic N) is 1. The topological polar surface area (TPSA) is 70.6 Å². The van der Waals surface area contributed by atoms with Gasteiger partial charge in [0.2, 0.25) is 11.9 Å². The Morgan fingerprint density at radius 2 is 1.83 bits per heavy atom. The zero-order valence-electron chi connectivity index (χ0n) is 12.1. The first-order valence-electron chi connectivity index (χ1n) is 7.12. The van der Waals surface area contributed by atoms with Gasteiger partial charge < -0.3 is 0 Å². The normalized spacial score (nSPS) is 17.2. The molecule has 1 aliphatic heterocycles. The predicted molar refractivity (Wildman–Crippen MR) is 83.2 cm³/mol. The summed E-state index contributed by atoms with van der Waals surface area (Å²) in [5, 5.41) is 5.03. The molecule has 116 valence electrons. The van der Waals surface area contributed by atoms with Crippen LogP contribution in [0.3, 0.4) is 0 Å². The lowest BCUT2D eigenvalue weighted by molar-refractivity contribution is -0.120. The van der Waals surface area contributed by atoms with Gasteiger partial charge in [-0.3, -0.25) is 20.2 Å². The third-order valence-electron chi connectivity index (χ3n) is 3.45. The van der Waals surface area contributed by atoms with Gasteiger partial charge in [-0.25, -0.2) is 9.38 Å². The molecule has 1 aliphatic rings. The van der Waals surface area contributed by atoms with Crippen LogP contribution >= 0.6 is 0 Å². The highest BCUT2D eigenvalue weighted by Gasteiger charge is 2.25. The van der Waals surface area contributed by atoms with Crippen molar-refractivity contribution < 1.29 is 14.0 Å². The van der Waals surface area contributed by atoms with Crippen LogP contribution in [0.4, 0.5) is 4.39 Å². The van der Waals surface area contributed by atoms with E-state index in [0.717, 1.165) is 0 Å². The molecule has 6 heteroatoms. The van der Waals surface area contributed by atoms with Gasteiger partial charge in [-0.05, 0) is 18.2 Å². The van der Waals surface area contributed by atoms with Gasteiger partial charge in [0.1, 0.15) is 5.82 Å². The van der Waals surface area contributed by atoms with Crippen LogP contribution in [0.25, 0.3) is 0 Å². The second kappa shape index (κ2) is 6.39. The van der Waals surface area contributed by atoms with E-state index in [-0.39, 0.29) is 24.2 Å². The lowest BCUT2D eigenvalue weighted by Gasteiger charge is -2.21. The maximum atomic E-state index is 13.9. The summed E-state index contributed by atoms with van der Waals surface area (Å²) in [6.07, 6.45) is 0.0334. The molecular weight excluding hydrogens is 297 g/mol. The fourth-order valence-corrected chi connectivity index (χ4v) is 2.35. The van der Waals surface area contributed by atoms with Gasteiger partial charge in [-0.2, -0.15) is 0 Å². The molecule has 3 rings (SSSR count). The largest absolute Gasteiger partial charge is 0.296 e. The number of aliphatic imine (C=N–C) groups is 1. The quantitative estimate of drug-likeness (QED) is 0.892. The standard InChI is InChI=1S/C17H14FN3O2/c18-13-9-5-4-8-12(13)14-10-15(22)20-17(19-14)21-16(23)11-6-2-1-3-7-11/h1-9,14H,10H2,(H2,19,20,21,22,23). The molecule has 0 fully saturated rings. The molecule has 0 radical (unpaired) electrons. The van der Waals surface area contributed by atoms with Crippen molar-refractivity contribution in [3.8, 4) is 0 Å². The Bertz CT molecular complexity index is 774. The molecule has 1 atom stereocenters. The first kappa shape index (κ1) is 14.9. The van der Waals surface area contributed by atoms with Crippen molar-refractivity contribution in [1.82, 2.24) is 10.6 Å². The summed E-state index contributed by atoms with van der Waals surface area (Å²) >= 11 is 0. The molecule has 1 heterocycles. The summed E-state index contributed by atoms with van der Waals surface area (Å²) < 4.78 is 13.9. The third kappa shape index (κ3) is 3.42. The van der Waals surface area contributed by atoms with Crippen LogP contribution in [-0.2, 0) is 4.79 Å². The number of carbonyl (C=O) groups is 2. The van der Waals surface area contributed by atoms with Crippen LogP contribution in [0, 0.1) is 5.82 Å². The van der Waals surface area contributed by atoms with Gasteiger partial charge in [0.05, 0.1) is 12.5 Å². The van der Waals surface area contributed by atoms with Crippen molar-refractivity contribution in [2.45, 2.75) is 12.5 Å². The number of guanidine groups is 1. The van der Waals surface area contributed by atoms with E-state index in [1.54, 1.807) is 48.5 Å². The molecule has 0 aliphatic carbocycles. The molecule has 0 bridgehead atoms. The highest BCUT2D eigenvalue weighted by Crippen LogP contribution is 2.25.